The third-order valence-electron chi connectivity index (χ3n) is 3.33. The lowest BCUT2D eigenvalue weighted by atomic mass is 9.92. The van der Waals surface area contributed by atoms with Crippen LogP contribution in [-0.4, -0.2) is 0 Å². The van der Waals surface area contributed by atoms with Crippen LogP contribution in [-0.2, 0) is 6.42 Å². The molecule has 0 bridgehead atoms. The van der Waals surface area contributed by atoms with E-state index in [1.54, 1.807) is 11.1 Å². The Hall–Kier alpha value is -1.04. The van der Waals surface area contributed by atoms with Gasteiger partial charge in [0.05, 0.1) is 0 Å². The molecule has 0 spiro atoms. The van der Waals surface area contributed by atoms with Gasteiger partial charge in [-0.3, -0.25) is 0 Å². The van der Waals surface area contributed by atoms with E-state index in [0.29, 0.717) is 11.8 Å². The summed E-state index contributed by atoms with van der Waals surface area (Å²) in [5, 5.41) is 0. The summed E-state index contributed by atoms with van der Waals surface area (Å²) in [6.45, 7) is 9.13. The van der Waals surface area contributed by atoms with Crippen LogP contribution in [0.2, 0.25) is 0 Å². The highest BCUT2D eigenvalue weighted by Gasteiger charge is 2.18. The number of hydrogen-bond donors (Lipinski definition) is 0. The molecule has 0 nitrogen and oxygen atoms in total. The predicted octanol–water partition coefficient (Wildman–Crippen LogP) is 4.41. The van der Waals surface area contributed by atoms with Gasteiger partial charge in [-0.15, -0.1) is 0 Å². The molecule has 0 radical (unpaired) electrons. The highest BCUT2D eigenvalue weighted by molar-refractivity contribution is 5.66. The number of fused-ring (bicyclic) bond motifs is 1. The Morgan fingerprint density at radius 2 is 1.73 bits per heavy atom. The number of allylic oxidation sites excluding steroid dienone is 1. The standard InChI is InChI=1S/C15H20/c1-10(2)13-8-12-6-5-7-14(11(3)4)15(12)9-13/h5-8,10-11H,9H2,1-4H3. The summed E-state index contributed by atoms with van der Waals surface area (Å²) in [6.07, 6.45) is 3.55. The zero-order valence-electron chi connectivity index (χ0n) is 10.2. The van der Waals surface area contributed by atoms with E-state index in [2.05, 4.69) is 52.0 Å². The molecule has 0 N–H and O–H groups in total. The van der Waals surface area contributed by atoms with Crippen molar-refractivity contribution in [2.75, 3.05) is 0 Å². The third kappa shape index (κ3) is 1.86. The molecule has 1 aliphatic carbocycles. The van der Waals surface area contributed by atoms with Crippen LogP contribution < -0.4 is 0 Å². The molecule has 1 aromatic carbocycles. The van der Waals surface area contributed by atoms with E-state index in [4.69, 9.17) is 0 Å². The van der Waals surface area contributed by atoms with Gasteiger partial charge in [0, 0.05) is 0 Å². The van der Waals surface area contributed by atoms with Crippen molar-refractivity contribution in [2.24, 2.45) is 5.92 Å². The second-order valence-corrected chi connectivity index (χ2v) is 5.12. The zero-order chi connectivity index (χ0) is 11.0. The highest BCUT2D eigenvalue weighted by Crippen LogP contribution is 2.34. The lowest BCUT2D eigenvalue weighted by Crippen LogP contribution is -1.98. The summed E-state index contributed by atoms with van der Waals surface area (Å²) in [5.74, 6) is 1.32. The van der Waals surface area contributed by atoms with E-state index < -0.39 is 0 Å². The minimum Gasteiger partial charge on any atom is -0.0626 e. The van der Waals surface area contributed by atoms with Crippen LogP contribution in [0.4, 0.5) is 0 Å². The summed E-state index contributed by atoms with van der Waals surface area (Å²) in [4.78, 5) is 0. The van der Waals surface area contributed by atoms with Crippen LogP contribution in [0.15, 0.2) is 23.8 Å². The molecule has 1 aliphatic rings. The van der Waals surface area contributed by atoms with Crippen molar-refractivity contribution in [3.8, 4) is 0 Å². The first-order valence-corrected chi connectivity index (χ1v) is 5.92. The van der Waals surface area contributed by atoms with Crippen molar-refractivity contribution in [3.05, 3.63) is 40.5 Å². The molecular formula is C15H20. The molecule has 0 heterocycles. The first-order valence-electron chi connectivity index (χ1n) is 5.92. The van der Waals surface area contributed by atoms with Crippen molar-refractivity contribution in [3.63, 3.8) is 0 Å². The fourth-order valence-electron chi connectivity index (χ4n) is 2.33. The second-order valence-electron chi connectivity index (χ2n) is 5.12. The maximum Gasteiger partial charge on any atom is -0.00524 e. The molecule has 80 valence electrons. The average Bonchev–Trinajstić information content (AvgIpc) is 2.60. The van der Waals surface area contributed by atoms with Crippen molar-refractivity contribution >= 4 is 6.08 Å². The van der Waals surface area contributed by atoms with Crippen molar-refractivity contribution < 1.29 is 0 Å². The van der Waals surface area contributed by atoms with E-state index in [1.165, 1.54) is 17.5 Å². The maximum absolute atomic E-state index is 2.38. The largest absolute Gasteiger partial charge is 0.0626 e. The fraction of sp³-hybridized carbons (Fsp3) is 0.467. The van der Waals surface area contributed by atoms with Gasteiger partial charge >= 0.3 is 0 Å². The Morgan fingerprint density at radius 3 is 2.33 bits per heavy atom. The molecule has 0 saturated carbocycles. The second kappa shape index (κ2) is 3.84. The summed E-state index contributed by atoms with van der Waals surface area (Å²) in [5.41, 5.74) is 6.12. The van der Waals surface area contributed by atoms with Gasteiger partial charge in [0.25, 0.3) is 0 Å². The molecule has 0 amide bonds. The Labute approximate surface area is 93.0 Å². The normalized spacial score (nSPS) is 14.7. The van der Waals surface area contributed by atoms with Gasteiger partial charge in [0.15, 0.2) is 0 Å². The average molecular weight is 200 g/mol. The zero-order valence-corrected chi connectivity index (χ0v) is 10.2. The van der Waals surface area contributed by atoms with Crippen molar-refractivity contribution in [1.82, 2.24) is 0 Å². The van der Waals surface area contributed by atoms with Crippen LogP contribution in [0.1, 0.15) is 50.3 Å². The van der Waals surface area contributed by atoms with Gasteiger partial charge in [0.1, 0.15) is 0 Å². The summed E-state index contributed by atoms with van der Waals surface area (Å²) in [6, 6.07) is 6.71. The maximum atomic E-state index is 2.38. The van der Waals surface area contributed by atoms with Gasteiger partial charge in [-0.2, -0.15) is 0 Å². The van der Waals surface area contributed by atoms with Gasteiger partial charge in [-0.05, 0) is 34.9 Å². The minimum atomic E-state index is 0.639. The summed E-state index contributed by atoms with van der Waals surface area (Å²) in [7, 11) is 0. The van der Waals surface area contributed by atoms with Crippen molar-refractivity contribution in [1.29, 1.82) is 0 Å². The Morgan fingerprint density at radius 1 is 1.00 bits per heavy atom. The highest BCUT2D eigenvalue weighted by atomic mass is 14.2. The molecule has 2 rings (SSSR count). The first-order chi connectivity index (χ1) is 7.09. The number of rotatable bonds is 2. The lowest BCUT2D eigenvalue weighted by molar-refractivity contribution is 0.748. The predicted molar refractivity (Wildman–Crippen MR) is 67.1 cm³/mol. The van der Waals surface area contributed by atoms with Crippen LogP contribution in [0.25, 0.3) is 6.08 Å². The van der Waals surface area contributed by atoms with Gasteiger partial charge in [-0.25, -0.2) is 0 Å². The summed E-state index contributed by atoms with van der Waals surface area (Å²) >= 11 is 0. The SMILES string of the molecule is CC(C)C1=Cc2cccc(C(C)C)c2C1. The van der Waals surface area contributed by atoms with E-state index in [-0.39, 0.29) is 0 Å². The molecule has 0 aliphatic heterocycles. The van der Waals surface area contributed by atoms with Crippen LogP contribution in [0.5, 0.6) is 0 Å². The lowest BCUT2D eigenvalue weighted by Gasteiger charge is -2.12. The monoisotopic (exact) mass is 200 g/mol. The Bertz CT molecular complexity index is 394. The van der Waals surface area contributed by atoms with Crippen molar-refractivity contribution in [2.45, 2.75) is 40.0 Å². The number of hydrogen-bond acceptors (Lipinski definition) is 0. The minimum absolute atomic E-state index is 0.639. The Kier molecular flexibility index (Phi) is 2.68. The number of benzene rings is 1. The molecule has 0 heteroatoms. The molecule has 0 atom stereocenters. The first kappa shape index (κ1) is 10.5. The third-order valence-corrected chi connectivity index (χ3v) is 3.33. The van der Waals surface area contributed by atoms with E-state index in [1.807, 2.05) is 0 Å². The molecule has 0 aromatic heterocycles. The molecular weight excluding hydrogens is 180 g/mol. The molecule has 1 aromatic rings. The van der Waals surface area contributed by atoms with Crippen LogP contribution >= 0.6 is 0 Å². The molecule has 0 saturated heterocycles. The van der Waals surface area contributed by atoms with Gasteiger partial charge < -0.3 is 0 Å². The quantitative estimate of drug-likeness (QED) is 0.663. The molecule has 0 unspecified atom stereocenters. The Balaban J connectivity index is 2.40. The van der Waals surface area contributed by atoms with Crippen LogP contribution in [0, 0.1) is 5.92 Å². The smallest absolute Gasteiger partial charge is 0.00524 e. The van der Waals surface area contributed by atoms with Gasteiger partial charge in [-0.1, -0.05) is 57.5 Å². The molecule has 15 heavy (non-hydrogen) atoms. The van der Waals surface area contributed by atoms with E-state index >= 15 is 0 Å². The van der Waals surface area contributed by atoms with Gasteiger partial charge in [0.2, 0.25) is 0 Å². The van der Waals surface area contributed by atoms with E-state index in [9.17, 15) is 0 Å². The summed E-state index contributed by atoms with van der Waals surface area (Å²) < 4.78 is 0. The topological polar surface area (TPSA) is 0 Å². The fourth-order valence-corrected chi connectivity index (χ4v) is 2.33. The van der Waals surface area contributed by atoms with Crippen LogP contribution in [0.3, 0.4) is 0 Å². The van der Waals surface area contributed by atoms with E-state index in [0.717, 1.165) is 0 Å². The molecule has 0 fully saturated rings.